The fraction of sp³-hybridized carbons (Fsp3) is 0.583. The fourth-order valence-corrected chi connectivity index (χ4v) is 2.18. The third kappa shape index (κ3) is 2.93. The highest BCUT2D eigenvalue weighted by atomic mass is 35.5. The molecule has 0 atom stereocenters. The van der Waals surface area contributed by atoms with Crippen molar-refractivity contribution >= 4 is 11.6 Å². The summed E-state index contributed by atoms with van der Waals surface area (Å²) in [6, 6.07) is 4.02. The molecular formula is C12H17ClN2. The third-order valence-corrected chi connectivity index (χ3v) is 3.45. The van der Waals surface area contributed by atoms with Crippen molar-refractivity contribution in [2.75, 3.05) is 13.1 Å². The van der Waals surface area contributed by atoms with E-state index < -0.39 is 0 Å². The van der Waals surface area contributed by atoms with Crippen LogP contribution in [-0.4, -0.2) is 23.0 Å². The van der Waals surface area contributed by atoms with Crippen molar-refractivity contribution in [3.8, 4) is 0 Å². The van der Waals surface area contributed by atoms with E-state index in [0.29, 0.717) is 5.15 Å². The van der Waals surface area contributed by atoms with Crippen LogP contribution in [0.5, 0.6) is 0 Å². The molecule has 0 N–H and O–H groups in total. The standard InChI is InChI=1S/C12H17ClN2/c1-10-4-7-15(8-5-10)9-11-3-2-6-14-12(11)13/h2-3,6,10H,4-5,7-9H2,1H3. The summed E-state index contributed by atoms with van der Waals surface area (Å²) in [6.07, 6.45) is 4.35. The van der Waals surface area contributed by atoms with Crippen molar-refractivity contribution in [2.24, 2.45) is 5.92 Å². The number of halogens is 1. The first-order valence-corrected chi connectivity index (χ1v) is 5.95. The molecule has 0 amide bonds. The van der Waals surface area contributed by atoms with Gasteiger partial charge >= 0.3 is 0 Å². The van der Waals surface area contributed by atoms with Gasteiger partial charge in [-0.25, -0.2) is 4.98 Å². The minimum Gasteiger partial charge on any atom is -0.299 e. The van der Waals surface area contributed by atoms with E-state index in [0.717, 1.165) is 18.0 Å². The average molecular weight is 225 g/mol. The van der Waals surface area contributed by atoms with Crippen molar-refractivity contribution in [3.05, 3.63) is 29.0 Å². The SMILES string of the molecule is CC1CCN(Cc2cccnc2Cl)CC1. The molecule has 0 saturated carbocycles. The molecule has 3 heteroatoms. The summed E-state index contributed by atoms with van der Waals surface area (Å²) in [5, 5.41) is 0.649. The lowest BCUT2D eigenvalue weighted by Crippen LogP contribution is -2.32. The zero-order chi connectivity index (χ0) is 10.7. The molecule has 1 fully saturated rings. The minimum atomic E-state index is 0.649. The van der Waals surface area contributed by atoms with Gasteiger partial charge in [-0.05, 0) is 37.9 Å². The van der Waals surface area contributed by atoms with Gasteiger partial charge in [0.1, 0.15) is 5.15 Å². The lowest BCUT2D eigenvalue weighted by Gasteiger charge is -2.30. The first-order valence-electron chi connectivity index (χ1n) is 5.57. The molecule has 0 unspecified atom stereocenters. The van der Waals surface area contributed by atoms with E-state index in [1.165, 1.54) is 25.9 Å². The lowest BCUT2D eigenvalue weighted by molar-refractivity contribution is 0.185. The third-order valence-electron chi connectivity index (χ3n) is 3.11. The number of piperidine rings is 1. The molecule has 2 rings (SSSR count). The molecule has 0 spiro atoms. The average Bonchev–Trinajstić information content (AvgIpc) is 2.25. The maximum Gasteiger partial charge on any atom is 0.133 e. The van der Waals surface area contributed by atoms with Gasteiger partial charge in [0.05, 0.1) is 0 Å². The smallest absolute Gasteiger partial charge is 0.133 e. The molecule has 0 bridgehead atoms. The van der Waals surface area contributed by atoms with Crippen molar-refractivity contribution in [1.82, 2.24) is 9.88 Å². The van der Waals surface area contributed by atoms with E-state index in [1.54, 1.807) is 6.20 Å². The van der Waals surface area contributed by atoms with E-state index in [9.17, 15) is 0 Å². The predicted octanol–water partition coefficient (Wildman–Crippen LogP) is 2.97. The Morgan fingerprint density at radius 3 is 2.87 bits per heavy atom. The zero-order valence-corrected chi connectivity index (χ0v) is 9.87. The normalized spacial score (nSPS) is 19.3. The highest BCUT2D eigenvalue weighted by Gasteiger charge is 2.16. The molecule has 2 nitrogen and oxygen atoms in total. The topological polar surface area (TPSA) is 16.1 Å². The highest BCUT2D eigenvalue weighted by molar-refractivity contribution is 6.30. The maximum atomic E-state index is 6.03. The van der Waals surface area contributed by atoms with Crippen LogP contribution in [0.4, 0.5) is 0 Å². The van der Waals surface area contributed by atoms with Gasteiger partial charge < -0.3 is 0 Å². The highest BCUT2D eigenvalue weighted by Crippen LogP contribution is 2.20. The molecule has 82 valence electrons. The van der Waals surface area contributed by atoms with Gasteiger partial charge in [-0.2, -0.15) is 0 Å². The molecule has 15 heavy (non-hydrogen) atoms. The first kappa shape index (κ1) is 10.9. The van der Waals surface area contributed by atoms with Gasteiger partial charge in [-0.3, -0.25) is 4.90 Å². The summed E-state index contributed by atoms with van der Waals surface area (Å²) in [5.74, 6) is 0.880. The Kier molecular flexibility index (Phi) is 3.60. The Bertz CT molecular complexity index is 319. The molecule has 0 radical (unpaired) electrons. The van der Waals surface area contributed by atoms with E-state index in [4.69, 9.17) is 11.6 Å². The summed E-state index contributed by atoms with van der Waals surface area (Å²) in [7, 11) is 0. The minimum absolute atomic E-state index is 0.649. The van der Waals surface area contributed by atoms with Gasteiger partial charge in [-0.15, -0.1) is 0 Å². The van der Waals surface area contributed by atoms with Crippen molar-refractivity contribution < 1.29 is 0 Å². The Balaban J connectivity index is 1.95. The number of hydrogen-bond acceptors (Lipinski definition) is 2. The molecule has 1 aliphatic heterocycles. The van der Waals surface area contributed by atoms with Crippen LogP contribution in [0.15, 0.2) is 18.3 Å². The number of nitrogens with zero attached hydrogens (tertiary/aromatic N) is 2. The lowest BCUT2D eigenvalue weighted by atomic mass is 9.99. The van der Waals surface area contributed by atoms with E-state index in [1.807, 2.05) is 6.07 Å². The van der Waals surface area contributed by atoms with Crippen LogP contribution in [0.1, 0.15) is 25.3 Å². The van der Waals surface area contributed by atoms with E-state index >= 15 is 0 Å². The van der Waals surface area contributed by atoms with Crippen LogP contribution in [0.3, 0.4) is 0 Å². The monoisotopic (exact) mass is 224 g/mol. The summed E-state index contributed by atoms with van der Waals surface area (Å²) in [5.41, 5.74) is 1.15. The Labute approximate surface area is 96.3 Å². The summed E-state index contributed by atoms with van der Waals surface area (Å²) in [4.78, 5) is 6.56. The quantitative estimate of drug-likeness (QED) is 0.719. The maximum absolute atomic E-state index is 6.03. The van der Waals surface area contributed by atoms with Crippen LogP contribution < -0.4 is 0 Å². The van der Waals surface area contributed by atoms with Crippen LogP contribution in [-0.2, 0) is 6.54 Å². The summed E-state index contributed by atoms with van der Waals surface area (Å²) < 4.78 is 0. The molecule has 1 aliphatic rings. The second-order valence-electron chi connectivity index (χ2n) is 4.41. The summed E-state index contributed by atoms with van der Waals surface area (Å²) >= 11 is 6.03. The number of aromatic nitrogens is 1. The van der Waals surface area contributed by atoms with Crippen molar-refractivity contribution in [1.29, 1.82) is 0 Å². The Morgan fingerprint density at radius 2 is 2.20 bits per heavy atom. The molecule has 0 aromatic carbocycles. The van der Waals surface area contributed by atoms with Gasteiger partial charge in [0, 0.05) is 18.3 Å². The fourth-order valence-electron chi connectivity index (χ4n) is 2.00. The molecule has 2 heterocycles. The first-order chi connectivity index (χ1) is 7.25. The second-order valence-corrected chi connectivity index (χ2v) is 4.77. The molecule has 0 aliphatic carbocycles. The van der Waals surface area contributed by atoms with Crippen molar-refractivity contribution in [3.63, 3.8) is 0 Å². The van der Waals surface area contributed by atoms with Gasteiger partial charge in [0.15, 0.2) is 0 Å². The molecule has 1 saturated heterocycles. The zero-order valence-electron chi connectivity index (χ0n) is 9.12. The van der Waals surface area contributed by atoms with Gasteiger partial charge in [0.25, 0.3) is 0 Å². The van der Waals surface area contributed by atoms with Crippen LogP contribution >= 0.6 is 11.6 Å². The molecular weight excluding hydrogens is 208 g/mol. The van der Waals surface area contributed by atoms with Crippen LogP contribution in [0, 0.1) is 5.92 Å². The molecule has 1 aromatic rings. The largest absolute Gasteiger partial charge is 0.299 e. The number of rotatable bonds is 2. The predicted molar refractivity (Wildman–Crippen MR) is 62.9 cm³/mol. The number of pyridine rings is 1. The second kappa shape index (κ2) is 4.95. The van der Waals surface area contributed by atoms with Gasteiger partial charge in [-0.1, -0.05) is 24.6 Å². The van der Waals surface area contributed by atoms with E-state index in [-0.39, 0.29) is 0 Å². The Hall–Kier alpha value is -0.600. The Morgan fingerprint density at radius 1 is 1.47 bits per heavy atom. The summed E-state index contributed by atoms with van der Waals surface area (Å²) in [6.45, 7) is 5.65. The van der Waals surface area contributed by atoms with Crippen LogP contribution in [0.25, 0.3) is 0 Å². The van der Waals surface area contributed by atoms with Gasteiger partial charge in [0.2, 0.25) is 0 Å². The number of likely N-dealkylation sites (tertiary alicyclic amines) is 1. The van der Waals surface area contributed by atoms with Crippen molar-refractivity contribution in [2.45, 2.75) is 26.3 Å². The van der Waals surface area contributed by atoms with E-state index in [2.05, 4.69) is 22.9 Å². The number of hydrogen-bond donors (Lipinski definition) is 0. The molecule has 1 aromatic heterocycles. The van der Waals surface area contributed by atoms with Crippen LogP contribution in [0.2, 0.25) is 5.15 Å².